The Kier molecular flexibility index (Phi) is 21.2. The summed E-state index contributed by atoms with van der Waals surface area (Å²) in [6.07, 6.45) is 17.4. The van der Waals surface area contributed by atoms with E-state index in [9.17, 15) is 31.5 Å². The number of unbranched alkanes of at least 4 members (excludes halogenated alkanes) is 14. The fraction of sp³-hybridized carbons (Fsp3) is 0.545. The summed E-state index contributed by atoms with van der Waals surface area (Å²) in [7, 11) is 1.71. The molecule has 0 saturated carbocycles. The Labute approximate surface area is 313 Å². The van der Waals surface area contributed by atoms with Gasteiger partial charge in [-0.2, -0.15) is 8.78 Å². The molecule has 0 aromatic heterocycles. The Balaban J connectivity index is 0.000000374. The predicted octanol–water partition coefficient (Wildman–Crippen LogP) is 13.4. The minimum Gasteiger partial charge on any atom is -0.420 e. The molecule has 0 fully saturated rings. The second-order valence-corrected chi connectivity index (χ2v) is 14.5. The van der Waals surface area contributed by atoms with Crippen molar-refractivity contribution in [3.05, 3.63) is 88.7 Å². The van der Waals surface area contributed by atoms with Crippen molar-refractivity contribution in [2.24, 2.45) is 0 Å². The summed E-state index contributed by atoms with van der Waals surface area (Å²) in [5.74, 6) is -12.8. The molecule has 0 saturated heterocycles. The van der Waals surface area contributed by atoms with Gasteiger partial charge in [0, 0.05) is 25.9 Å². The zero-order chi connectivity index (χ0) is 39.2. The van der Waals surface area contributed by atoms with Gasteiger partial charge in [0.1, 0.15) is 6.29 Å². The van der Waals surface area contributed by atoms with E-state index in [0.717, 1.165) is 51.2 Å². The summed E-state index contributed by atoms with van der Waals surface area (Å²) < 4.78 is 75.5. The topological polar surface area (TPSA) is 52.6 Å². The summed E-state index contributed by atoms with van der Waals surface area (Å²) in [4.78, 5) is 21.9. The first-order chi connectivity index (χ1) is 25.4. The Morgan fingerprint density at radius 2 is 0.981 bits per heavy atom. The van der Waals surface area contributed by atoms with Crippen molar-refractivity contribution in [2.75, 3.05) is 7.11 Å². The molecule has 3 aromatic rings. The van der Waals surface area contributed by atoms with E-state index in [2.05, 4.69) is 60.2 Å². The predicted molar refractivity (Wildman–Crippen MR) is 203 cm³/mol. The molecule has 0 amide bonds. The van der Waals surface area contributed by atoms with Crippen LogP contribution in [0.15, 0.2) is 48.5 Å². The molecule has 0 heterocycles. The SMILES string of the molecule is CCC1c2ccccc2-c2ccccc21.COC(C)(C)C.O=CCCCCCCCCCCCCCCCCC(=O)Oc1c(F)c(F)c(F)c(F)c1F. The number of esters is 1. The molecule has 3 aromatic carbocycles. The van der Waals surface area contributed by atoms with Crippen molar-refractivity contribution < 1.29 is 41.0 Å². The number of hydrogen-bond donors (Lipinski definition) is 0. The Morgan fingerprint density at radius 1 is 0.623 bits per heavy atom. The zero-order valence-corrected chi connectivity index (χ0v) is 32.3. The zero-order valence-electron chi connectivity index (χ0n) is 32.3. The first-order valence-electron chi connectivity index (χ1n) is 19.3. The number of carbonyl (C=O) groups is 2. The maximum absolute atomic E-state index is 13.5. The van der Waals surface area contributed by atoms with Crippen molar-refractivity contribution in [3.8, 4) is 16.9 Å². The lowest BCUT2D eigenvalue weighted by Crippen LogP contribution is -2.15. The van der Waals surface area contributed by atoms with E-state index in [-0.39, 0.29) is 12.0 Å². The minimum atomic E-state index is -2.29. The minimum absolute atomic E-state index is 0.0417. The van der Waals surface area contributed by atoms with Crippen LogP contribution < -0.4 is 4.74 Å². The van der Waals surface area contributed by atoms with Gasteiger partial charge in [-0.1, -0.05) is 133 Å². The highest BCUT2D eigenvalue weighted by Crippen LogP contribution is 2.45. The Morgan fingerprint density at radius 3 is 1.36 bits per heavy atom. The summed E-state index contributed by atoms with van der Waals surface area (Å²) >= 11 is 0. The molecule has 0 N–H and O–H groups in total. The lowest BCUT2D eigenvalue weighted by atomic mass is 9.95. The molecule has 4 nitrogen and oxygen atoms in total. The second-order valence-electron chi connectivity index (χ2n) is 14.5. The molecule has 0 spiro atoms. The van der Waals surface area contributed by atoms with Crippen LogP contribution in [0.4, 0.5) is 22.0 Å². The van der Waals surface area contributed by atoms with Crippen LogP contribution in [-0.4, -0.2) is 25.0 Å². The van der Waals surface area contributed by atoms with Crippen molar-refractivity contribution in [1.82, 2.24) is 0 Å². The third-order valence-electron chi connectivity index (χ3n) is 9.32. The molecule has 0 radical (unpaired) electrons. The average Bonchev–Trinajstić information content (AvgIpc) is 3.48. The molecule has 4 rings (SSSR count). The number of carbonyl (C=O) groups excluding carboxylic acids is 2. The summed E-state index contributed by atoms with van der Waals surface area (Å²) in [5, 5.41) is 0. The number of aldehydes is 1. The van der Waals surface area contributed by atoms with Gasteiger partial charge in [0.05, 0.1) is 5.60 Å². The molecular formula is C44H59F5O4. The summed E-state index contributed by atoms with van der Waals surface area (Å²) in [5.41, 5.74) is 5.90. The standard InChI is InChI=1S/C24H33F5O3.C15H14.C5H12O/c25-19-20(26)22(28)24(23(29)21(19)27)32-18(31)16-14-12-10-8-6-4-2-1-3-5-7-9-11-13-15-17-30;1-2-11-12-7-3-5-9-14(12)15-10-6-4-8-13(11)15;1-5(2,3)6-4/h17H,1-16H2;3-11H,2H2,1H3;1-4H3. The third-order valence-corrected chi connectivity index (χ3v) is 9.32. The smallest absolute Gasteiger partial charge is 0.311 e. The molecule has 9 heteroatoms. The van der Waals surface area contributed by atoms with Crippen LogP contribution in [0.1, 0.15) is 154 Å². The van der Waals surface area contributed by atoms with Gasteiger partial charge in [-0.3, -0.25) is 4.79 Å². The van der Waals surface area contributed by atoms with Gasteiger partial charge >= 0.3 is 5.97 Å². The van der Waals surface area contributed by atoms with E-state index < -0.39 is 40.8 Å². The number of halogens is 5. The first kappa shape index (κ1) is 45.6. The molecule has 1 aliphatic carbocycles. The fourth-order valence-electron chi connectivity index (χ4n) is 6.16. The lowest BCUT2D eigenvalue weighted by molar-refractivity contribution is -0.135. The van der Waals surface area contributed by atoms with E-state index in [1.165, 1.54) is 67.2 Å². The number of benzene rings is 3. The maximum Gasteiger partial charge on any atom is 0.311 e. The fourth-order valence-corrected chi connectivity index (χ4v) is 6.16. The van der Waals surface area contributed by atoms with Crippen LogP contribution >= 0.6 is 0 Å². The lowest BCUT2D eigenvalue weighted by Gasteiger charge is -2.14. The van der Waals surface area contributed by atoms with Crippen LogP contribution in [0, 0.1) is 29.1 Å². The molecule has 294 valence electrons. The quantitative estimate of drug-likeness (QED) is 0.0233. The molecule has 1 aliphatic rings. The van der Waals surface area contributed by atoms with E-state index >= 15 is 0 Å². The third kappa shape index (κ3) is 15.7. The molecule has 0 atom stereocenters. The highest BCUT2D eigenvalue weighted by atomic mass is 19.2. The largest absolute Gasteiger partial charge is 0.420 e. The van der Waals surface area contributed by atoms with Crippen LogP contribution in [0.5, 0.6) is 5.75 Å². The van der Waals surface area contributed by atoms with Crippen molar-refractivity contribution >= 4 is 12.3 Å². The van der Waals surface area contributed by atoms with E-state index in [0.29, 0.717) is 18.8 Å². The maximum atomic E-state index is 13.5. The molecule has 0 aliphatic heterocycles. The van der Waals surface area contributed by atoms with Gasteiger partial charge in [0.2, 0.25) is 34.8 Å². The molecule has 0 bridgehead atoms. The Hall–Kier alpha value is -3.59. The molecule has 53 heavy (non-hydrogen) atoms. The van der Waals surface area contributed by atoms with Crippen molar-refractivity contribution in [3.63, 3.8) is 0 Å². The van der Waals surface area contributed by atoms with E-state index in [1.54, 1.807) is 7.11 Å². The van der Waals surface area contributed by atoms with Gasteiger partial charge < -0.3 is 14.3 Å². The number of ether oxygens (including phenoxy) is 2. The van der Waals surface area contributed by atoms with E-state index in [4.69, 9.17) is 4.74 Å². The number of methoxy groups -OCH3 is 1. The molecular weight excluding hydrogens is 687 g/mol. The van der Waals surface area contributed by atoms with Crippen molar-refractivity contribution in [1.29, 1.82) is 0 Å². The monoisotopic (exact) mass is 746 g/mol. The van der Waals surface area contributed by atoms with Gasteiger partial charge in [-0.15, -0.1) is 0 Å². The highest BCUT2D eigenvalue weighted by molar-refractivity contribution is 5.78. The summed E-state index contributed by atoms with van der Waals surface area (Å²) in [6, 6.07) is 17.6. The van der Waals surface area contributed by atoms with Crippen LogP contribution in [0.2, 0.25) is 0 Å². The normalized spacial score (nSPS) is 11.9. The molecule has 0 unspecified atom stereocenters. The van der Waals surface area contributed by atoms with E-state index in [1.807, 2.05) is 20.8 Å². The number of fused-ring (bicyclic) bond motifs is 3. The number of rotatable bonds is 19. The van der Waals surface area contributed by atoms with Crippen LogP contribution in [0.3, 0.4) is 0 Å². The van der Waals surface area contributed by atoms with Gasteiger partial charge in [0.25, 0.3) is 0 Å². The van der Waals surface area contributed by atoms with Crippen LogP contribution in [0.25, 0.3) is 11.1 Å². The number of hydrogen-bond acceptors (Lipinski definition) is 4. The van der Waals surface area contributed by atoms with Crippen LogP contribution in [-0.2, 0) is 14.3 Å². The average molecular weight is 747 g/mol. The van der Waals surface area contributed by atoms with Gasteiger partial charge in [0.15, 0.2) is 0 Å². The Bertz CT molecular complexity index is 1460. The first-order valence-corrected chi connectivity index (χ1v) is 19.3. The van der Waals surface area contributed by atoms with Gasteiger partial charge in [-0.25, -0.2) is 13.2 Å². The van der Waals surface area contributed by atoms with Crippen molar-refractivity contribution in [2.45, 2.75) is 148 Å². The van der Waals surface area contributed by atoms with Gasteiger partial charge in [-0.05, 0) is 62.3 Å². The highest BCUT2D eigenvalue weighted by Gasteiger charge is 2.28. The second kappa shape index (κ2) is 24.7. The summed E-state index contributed by atoms with van der Waals surface area (Å²) in [6.45, 7) is 8.33.